The Morgan fingerprint density at radius 3 is 2.51 bits per heavy atom. The average Bonchev–Trinajstić information content (AvgIpc) is 2.91. The highest BCUT2D eigenvalue weighted by Gasteiger charge is 2.41. The van der Waals surface area contributed by atoms with Crippen LogP contribution in [0.3, 0.4) is 0 Å². The minimum Gasteiger partial charge on any atom is -0.337 e. The summed E-state index contributed by atoms with van der Waals surface area (Å²) in [4.78, 5) is 39.3. The number of benzene rings is 2. The Hall–Kier alpha value is -3.40. The van der Waals surface area contributed by atoms with E-state index in [1.807, 2.05) is 6.92 Å². The van der Waals surface area contributed by atoms with Crippen LogP contribution in [-0.2, 0) is 20.4 Å². The van der Waals surface area contributed by atoms with E-state index in [2.05, 4.69) is 22.3 Å². The molecule has 0 radical (unpaired) electrons. The van der Waals surface area contributed by atoms with Crippen molar-refractivity contribution in [3.8, 4) is 0 Å². The predicted octanol–water partition coefficient (Wildman–Crippen LogP) is 3.66. The van der Waals surface area contributed by atoms with Crippen LogP contribution in [0.1, 0.15) is 68.3 Å². The van der Waals surface area contributed by atoms with Crippen molar-refractivity contribution in [3.63, 3.8) is 0 Å². The van der Waals surface area contributed by atoms with Crippen molar-refractivity contribution < 1.29 is 22.8 Å². The number of hydrogen-bond donors (Lipinski definition) is 3. The molecule has 198 valence electrons. The molecular weight excluding hydrogens is 492 g/mol. The number of para-hydroxylation sites is 1. The molecule has 2 aliphatic rings. The number of hydrogen-bond acceptors (Lipinski definition) is 6. The van der Waals surface area contributed by atoms with Gasteiger partial charge in [0.2, 0.25) is 0 Å². The number of rotatable bonds is 8. The number of anilines is 1. The van der Waals surface area contributed by atoms with Crippen LogP contribution in [0.15, 0.2) is 53.4 Å². The average molecular weight is 527 g/mol. The molecule has 1 saturated carbocycles. The van der Waals surface area contributed by atoms with Crippen molar-refractivity contribution in [3.05, 3.63) is 59.7 Å². The number of nitrogens with zero attached hydrogens (tertiary/aromatic N) is 1. The third-order valence-electron chi connectivity index (χ3n) is 7.68. The molecule has 4 rings (SSSR count). The molecule has 2 aromatic carbocycles. The van der Waals surface area contributed by atoms with Crippen LogP contribution >= 0.6 is 0 Å². The molecular formula is C27H34N4O5S. The van der Waals surface area contributed by atoms with Gasteiger partial charge in [-0.15, -0.1) is 0 Å². The van der Waals surface area contributed by atoms with Gasteiger partial charge in [0.1, 0.15) is 11.8 Å². The lowest BCUT2D eigenvalue weighted by molar-refractivity contribution is -0.112. The highest BCUT2D eigenvalue weighted by Crippen LogP contribution is 2.38. The van der Waals surface area contributed by atoms with Gasteiger partial charge < -0.3 is 20.3 Å². The minimum atomic E-state index is -4.19. The summed E-state index contributed by atoms with van der Waals surface area (Å²) in [5, 5.41) is 5.58. The first-order valence-electron chi connectivity index (χ1n) is 12.8. The number of carbonyl (C=O) groups is 3. The monoisotopic (exact) mass is 526 g/mol. The Bertz CT molecular complexity index is 1270. The van der Waals surface area contributed by atoms with E-state index in [9.17, 15) is 22.8 Å². The maximum Gasteiger partial charge on any atom is 0.328 e. The first kappa shape index (κ1) is 26.7. The molecule has 1 atom stereocenters. The molecule has 0 spiro atoms. The standard InChI is InChI=1S/C27H34N4O5S/c1-3-19-12-14-21(15-13-19)29-26(34)30-37(35,36)22-9-7-8-20(16-22)27(4-2,17-32)31-18-28-25(33)23-10-5-6-11-24(23)31/h5-11,16-17,19,21H,3-4,12-15,18H2,1-2H3,(H,28,33)(H2,29,30,34). The predicted molar refractivity (Wildman–Crippen MR) is 141 cm³/mol. The first-order valence-corrected chi connectivity index (χ1v) is 14.3. The number of carbonyl (C=O) groups excluding carboxylic acids is 3. The first-order chi connectivity index (χ1) is 17.7. The zero-order chi connectivity index (χ0) is 26.6. The van der Waals surface area contributed by atoms with E-state index in [1.54, 1.807) is 41.3 Å². The lowest BCUT2D eigenvalue weighted by Crippen LogP contribution is -2.55. The summed E-state index contributed by atoms with van der Waals surface area (Å²) in [5.74, 6) is 0.418. The van der Waals surface area contributed by atoms with Crippen molar-refractivity contribution in [1.29, 1.82) is 0 Å². The maximum absolute atomic E-state index is 13.1. The Morgan fingerprint density at radius 1 is 1.11 bits per heavy atom. The van der Waals surface area contributed by atoms with Crippen molar-refractivity contribution in [1.82, 2.24) is 15.4 Å². The number of urea groups is 1. The summed E-state index contributed by atoms with van der Waals surface area (Å²) in [6.07, 6.45) is 5.89. The zero-order valence-corrected chi connectivity index (χ0v) is 22.0. The van der Waals surface area contributed by atoms with Gasteiger partial charge in [-0.3, -0.25) is 4.79 Å². The molecule has 9 nitrogen and oxygen atoms in total. The smallest absolute Gasteiger partial charge is 0.328 e. The van der Waals surface area contributed by atoms with Crippen molar-refractivity contribution >= 4 is 33.9 Å². The van der Waals surface area contributed by atoms with Gasteiger partial charge in [0.05, 0.1) is 22.8 Å². The summed E-state index contributed by atoms with van der Waals surface area (Å²) in [6, 6.07) is 12.2. The largest absolute Gasteiger partial charge is 0.337 e. The van der Waals surface area contributed by atoms with E-state index in [-0.39, 0.29) is 23.5 Å². The van der Waals surface area contributed by atoms with Crippen LogP contribution in [0.5, 0.6) is 0 Å². The van der Waals surface area contributed by atoms with Crippen LogP contribution in [0.25, 0.3) is 0 Å². The second-order valence-electron chi connectivity index (χ2n) is 9.74. The van der Waals surface area contributed by atoms with E-state index in [1.165, 1.54) is 12.1 Å². The van der Waals surface area contributed by atoms with Crippen molar-refractivity contribution in [2.24, 2.45) is 5.92 Å². The van der Waals surface area contributed by atoms with Crippen LogP contribution in [0.4, 0.5) is 10.5 Å². The molecule has 0 aromatic heterocycles. The zero-order valence-electron chi connectivity index (χ0n) is 21.2. The number of fused-ring (bicyclic) bond motifs is 1. The third kappa shape index (κ3) is 5.34. The number of nitrogens with one attached hydrogen (secondary N) is 3. The van der Waals surface area contributed by atoms with Crippen LogP contribution in [0, 0.1) is 5.92 Å². The van der Waals surface area contributed by atoms with Crippen molar-refractivity contribution in [2.75, 3.05) is 11.6 Å². The molecule has 1 aliphatic heterocycles. The van der Waals surface area contributed by atoms with Gasteiger partial charge in [0, 0.05) is 6.04 Å². The van der Waals surface area contributed by atoms with Crippen LogP contribution in [0.2, 0.25) is 0 Å². The summed E-state index contributed by atoms with van der Waals surface area (Å²) in [6.45, 7) is 4.07. The summed E-state index contributed by atoms with van der Waals surface area (Å²) < 4.78 is 28.4. The maximum atomic E-state index is 13.1. The van der Waals surface area contributed by atoms with Gasteiger partial charge in [0.25, 0.3) is 15.9 Å². The van der Waals surface area contributed by atoms with Gasteiger partial charge in [-0.05, 0) is 67.9 Å². The van der Waals surface area contributed by atoms with E-state index in [0.717, 1.165) is 38.4 Å². The second-order valence-corrected chi connectivity index (χ2v) is 11.4. The number of amides is 3. The molecule has 1 aliphatic carbocycles. The Kier molecular flexibility index (Phi) is 7.87. The van der Waals surface area contributed by atoms with Gasteiger partial charge in [-0.2, -0.15) is 0 Å². The fourth-order valence-corrected chi connectivity index (χ4v) is 6.36. The fourth-order valence-electron chi connectivity index (χ4n) is 5.40. The highest BCUT2D eigenvalue weighted by atomic mass is 32.2. The molecule has 37 heavy (non-hydrogen) atoms. The Balaban J connectivity index is 1.58. The highest BCUT2D eigenvalue weighted by molar-refractivity contribution is 7.90. The fraction of sp³-hybridized carbons (Fsp3) is 0.444. The van der Waals surface area contributed by atoms with E-state index in [4.69, 9.17) is 0 Å². The topological polar surface area (TPSA) is 125 Å². The van der Waals surface area contributed by atoms with E-state index in [0.29, 0.717) is 29.2 Å². The van der Waals surface area contributed by atoms with Gasteiger partial charge in [-0.25, -0.2) is 17.9 Å². The van der Waals surface area contributed by atoms with Gasteiger partial charge >= 0.3 is 6.03 Å². The lowest BCUT2D eigenvalue weighted by atomic mass is 9.85. The van der Waals surface area contributed by atoms with Gasteiger partial charge in [-0.1, -0.05) is 44.5 Å². The molecule has 3 N–H and O–H groups in total. The van der Waals surface area contributed by atoms with Crippen molar-refractivity contribution in [2.45, 2.75) is 68.8 Å². The minimum absolute atomic E-state index is 0.0541. The Labute approximate surface area is 218 Å². The molecule has 2 aromatic rings. The van der Waals surface area contributed by atoms with Crippen LogP contribution < -0.4 is 20.3 Å². The molecule has 10 heteroatoms. The SMILES string of the molecule is CCC1CCC(NC(=O)NS(=O)(=O)c2cccc(C(C=O)(CC)N3CNC(=O)c4ccccc43)c2)CC1. The summed E-state index contributed by atoms with van der Waals surface area (Å²) in [7, 11) is -4.19. The molecule has 3 amide bonds. The molecule has 1 heterocycles. The third-order valence-corrected chi connectivity index (χ3v) is 9.01. The summed E-state index contributed by atoms with van der Waals surface area (Å²) in [5.41, 5.74) is 0.222. The van der Waals surface area contributed by atoms with Gasteiger partial charge in [0.15, 0.2) is 0 Å². The van der Waals surface area contributed by atoms with E-state index < -0.39 is 21.6 Å². The number of sulfonamides is 1. The summed E-state index contributed by atoms with van der Waals surface area (Å²) >= 11 is 0. The number of aldehydes is 1. The molecule has 1 unspecified atom stereocenters. The molecule has 0 bridgehead atoms. The van der Waals surface area contributed by atoms with Crippen LogP contribution in [-0.4, -0.2) is 39.4 Å². The van der Waals surface area contributed by atoms with E-state index >= 15 is 0 Å². The molecule has 0 saturated heterocycles. The lowest BCUT2D eigenvalue weighted by Gasteiger charge is -2.44. The second kappa shape index (κ2) is 10.9. The molecule has 1 fully saturated rings. The quantitative estimate of drug-likeness (QED) is 0.451. The Morgan fingerprint density at radius 2 is 1.84 bits per heavy atom. The normalized spacial score (nSPS) is 21.2.